The second-order valence-electron chi connectivity index (χ2n) is 8.51. The number of rotatable bonds is 7. The summed E-state index contributed by atoms with van der Waals surface area (Å²) in [7, 11) is 0. The molecular weight excluding hydrogens is 408 g/mol. The van der Waals surface area contributed by atoms with E-state index in [4.69, 9.17) is 0 Å². The zero-order chi connectivity index (χ0) is 22.8. The van der Waals surface area contributed by atoms with E-state index in [1.165, 1.54) is 22.2 Å². The van der Waals surface area contributed by atoms with Crippen molar-refractivity contribution in [1.82, 2.24) is 30.5 Å². The van der Waals surface area contributed by atoms with Gasteiger partial charge >= 0.3 is 0 Å². The molecule has 2 N–H and O–H groups in total. The van der Waals surface area contributed by atoms with Crippen LogP contribution in [0.4, 0.5) is 0 Å². The van der Waals surface area contributed by atoms with Crippen molar-refractivity contribution in [2.45, 2.75) is 33.2 Å². The maximum absolute atomic E-state index is 4.47. The Morgan fingerprint density at radius 1 is 0.879 bits per heavy atom. The van der Waals surface area contributed by atoms with Gasteiger partial charge in [-0.15, -0.1) is 5.10 Å². The molecule has 0 aliphatic rings. The van der Waals surface area contributed by atoms with Crippen molar-refractivity contribution in [1.29, 1.82) is 0 Å². The normalized spacial score (nSPS) is 12.3. The number of aryl methyl sites for hydroxylation is 3. The van der Waals surface area contributed by atoms with Gasteiger partial charge in [-0.3, -0.25) is 0 Å². The van der Waals surface area contributed by atoms with Crippen LogP contribution < -0.4 is 5.32 Å². The second kappa shape index (κ2) is 9.00. The molecule has 0 bridgehead atoms. The monoisotopic (exact) mass is 436 g/mol. The average Bonchev–Trinajstić information content (AvgIpc) is 3.41. The predicted molar refractivity (Wildman–Crippen MR) is 132 cm³/mol. The summed E-state index contributed by atoms with van der Waals surface area (Å²) in [6.45, 7) is 7.13. The molecule has 0 saturated carbocycles. The molecule has 0 radical (unpaired) electrons. The number of aromatic nitrogens is 5. The van der Waals surface area contributed by atoms with Crippen LogP contribution in [0.15, 0.2) is 72.8 Å². The zero-order valence-electron chi connectivity index (χ0n) is 19.2. The number of nitrogens with zero attached hydrogens (tertiary/aromatic N) is 4. The van der Waals surface area contributed by atoms with E-state index in [9.17, 15) is 0 Å². The Morgan fingerprint density at radius 2 is 1.61 bits per heavy atom. The lowest BCUT2D eigenvalue weighted by atomic mass is 10.0. The van der Waals surface area contributed by atoms with Gasteiger partial charge in [-0.25, -0.2) is 0 Å². The molecule has 2 aromatic heterocycles. The summed E-state index contributed by atoms with van der Waals surface area (Å²) >= 11 is 0. The molecule has 0 amide bonds. The first kappa shape index (κ1) is 21.1. The number of benzene rings is 3. The minimum Gasteiger partial charge on any atom is -0.358 e. The molecule has 0 aliphatic carbocycles. The SMILES string of the molecule is Cc1cccc(C)c1-n1nnnc1[C@H](NCCc1c(C)[nH]c2ccccc12)c1ccccc1. The summed E-state index contributed by atoms with van der Waals surface area (Å²) < 4.78 is 1.88. The molecule has 0 fully saturated rings. The molecule has 33 heavy (non-hydrogen) atoms. The van der Waals surface area contributed by atoms with Gasteiger partial charge in [0.05, 0.1) is 11.7 Å². The Labute approximate surface area is 193 Å². The minimum atomic E-state index is -0.134. The fourth-order valence-electron chi connectivity index (χ4n) is 4.68. The van der Waals surface area contributed by atoms with E-state index >= 15 is 0 Å². The van der Waals surface area contributed by atoms with Gasteiger partial charge in [0.2, 0.25) is 0 Å². The lowest BCUT2D eigenvalue weighted by Gasteiger charge is -2.20. The third-order valence-corrected chi connectivity index (χ3v) is 6.29. The first-order valence-electron chi connectivity index (χ1n) is 11.3. The Bertz CT molecular complexity index is 1360. The summed E-state index contributed by atoms with van der Waals surface area (Å²) in [6.07, 6.45) is 0.907. The highest BCUT2D eigenvalue weighted by Gasteiger charge is 2.23. The van der Waals surface area contributed by atoms with Crippen LogP contribution in [0.25, 0.3) is 16.6 Å². The summed E-state index contributed by atoms with van der Waals surface area (Å²) in [4.78, 5) is 3.50. The third-order valence-electron chi connectivity index (χ3n) is 6.29. The van der Waals surface area contributed by atoms with Gasteiger partial charge in [0.25, 0.3) is 0 Å². The number of hydrogen-bond donors (Lipinski definition) is 2. The number of para-hydroxylation sites is 2. The summed E-state index contributed by atoms with van der Waals surface area (Å²) in [5.74, 6) is 0.786. The maximum Gasteiger partial charge on any atom is 0.178 e. The molecule has 0 aliphatic heterocycles. The van der Waals surface area contributed by atoms with Crippen molar-refractivity contribution >= 4 is 10.9 Å². The number of aromatic amines is 1. The molecule has 5 rings (SSSR count). The van der Waals surface area contributed by atoms with Crippen molar-refractivity contribution in [3.8, 4) is 5.69 Å². The minimum absolute atomic E-state index is 0.134. The van der Waals surface area contributed by atoms with Gasteiger partial charge in [0.1, 0.15) is 0 Å². The first-order valence-corrected chi connectivity index (χ1v) is 11.3. The van der Waals surface area contributed by atoms with Crippen LogP contribution in [0.3, 0.4) is 0 Å². The van der Waals surface area contributed by atoms with Crippen molar-refractivity contribution in [2.24, 2.45) is 0 Å². The maximum atomic E-state index is 4.47. The van der Waals surface area contributed by atoms with Gasteiger partial charge in [-0.05, 0) is 65.9 Å². The molecule has 0 spiro atoms. The molecule has 0 unspecified atom stereocenters. The molecule has 6 heteroatoms. The third kappa shape index (κ3) is 4.05. The molecule has 166 valence electrons. The summed E-state index contributed by atoms with van der Waals surface area (Å²) in [5.41, 5.74) is 8.20. The predicted octanol–water partition coefficient (Wildman–Crippen LogP) is 4.99. The molecule has 2 heterocycles. The number of hydrogen-bond acceptors (Lipinski definition) is 4. The zero-order valence-corrected chi connectivity index (χ0v) is 19.2. The van der Waals surface area contributed by atoms with E-state index in [0.29, 0.717) is 0 Å². The molecular formula is C27H28N6. The lowest BCUT2D eigenvalue weighted by Crippen LogP contribution is -2.28. The fraction of sp³-hybridized carbons (Fsp3) is 0.222. The van der Waals surface area contributed by atoms with Crippen LogP contribution in [0.1, 0.15) is 39.8 Å². The highest BCUT2D eigenvalue weighted by molar-refractivity contribution is 5.84. The van der Waals surface area contributed by atoms with Gasteiger partial charge in [0.15, 0.2) is 5.82 Å². The largest absolute Gasteiger partial charge is 0.358 e. The van der Waals surface area contributed by atoms with Gasteiger partial charge in [-0.1, -0.05) is 66.7 Å². The van der Waals surface area contributed by atoms with Crippen LogP contribution in [0.2, 0.25) is 0 Å². The topological polar surface area (TPSA) is 71.4 Å². The van der Waals surface area contributed by atoms with E-state index in [1.54, 1.807) is 0 Å². The first-order chi connectivity index (χ1) is 16.1. The van der Waals surface area contributed by atoms with Crippen LogP contribution in [-0.4, -0.2) is 31.7 Å². The van der Waals surface area contributed by atoms with Crippen molar-refractivity contribution in [2.75, 3.05) is 6.54 Å². The smallest absolute Gasteiger partial charge is 0.178 e. The van der Waals surface area contributed by atoms with Gasteiger partial charge < -0.3 is 10.3 Å². The van der Waals surface area contributed by atoms with E-state index < -0.39 is 0 Å². The average molecular weight is 437 g/mol. The van der Waals surface area contributed by atoms with Crippen LogP contribution >= 0.6 is 0 Å². The summed E-state index contributed by atoms with van der Waals surface area (Å²) in [5, 5.41) is 17.9. The van der Waals surface area contributed by atoms with Gasteiger partial charge in [-0.2, -0.15) is 4.68 Å². The van der Waals surface area contributed by atoms with E-state index in [-0.39, 0.29) is 6.04 Å². The van der Waals surface area contributed by atoms with Crippen LogP contribution in [0, 0.1) is 20.8 Å². The fourth-order valence-corrected chi connectivity index (χ4v) is 4.68. The van der Waals surface area contributed by atoms with E-state index in [1.807, 2.05) is 10.7 Å². The Morgan fingerprint density at radius 3 is 2.39 bits per heavy atom. The van der Waals surface area contributed by atoms with Crippen LogP contribution in [0.5, 0.6) is 0 Å². The Balaban J connectivity index is 1.48. The number of H-pyrrole nitrogens is 1. The number of nitrogens with one attached hydrogen (secondary N) is 2. The number of tetrazole rings is 1. The molecule has 0 saturated heterocycles. The summed E-state index contributed by atoms with van der Waals surface area (Å²) in [6, 6.07) is 25.0. The van der Waals surface area contributed by atoms with Crippen molar-refractivity contribution in [3.05, 3.63) is 107 Å². The Hall–Kier alpha value is -3.77. The van der Waals surface area contributed by atoms with Crippen molar-refractivity contribution < 1.29 is 0 Å². The second-order valence-corrected chi connectivity index (χ2v) is 8.51. The standard InChI is InChI=1S/C27H28N6/c1-18-10-9-11-19(2)26(18)33-27(30-31-32-33)25(21-12-5-4-6-13-21)28-17-16-22-20(3)29-24-15-8-7-14-23(22)24/h4-15,25,28-29H,16-17H2,1-3H3/t25-/m1/s1. The van der Waals surface area contributed by atoms with Gasteiger partial charge in [0, 0.05) is 23.1 Å². The lowest BCUT2D eigenvalue weighted by molar-refractivity contribution is 0.562. The highest BCUT2D eigenvalue weighted by atomic mass is 15.5. The van der Waals surface area contributed by atoms with Crippen molar-refractivity contribution in [3.63, 3.8) is 0 Å². The van der Waals surface area contributed by atoms with E-state index in [0.717, 1.165) is 41.2 Å². The van der Waals surface area contributed by atoms with E-state index in [2.05, 4.69) is 113 Å². The molecule has 6 nitrogen and oxygen atoms in total. The highest BCUT2D eigenvalue weighted by Crippen LogP contribution is 2.26. The Kier molecular flexibility index (Phi) is 5.75. The molecule has 3 aromatic carbocycles. The quantitative estimate of drug-likeness (QED) is 0.377. The molecule has 5 aromatic rings. The number of fused-ring (bicyclic) bond motifs is 1. The molecule has 1 atom stereocenters. The van der Waals surface area contributed by atoms with Crippen LogP contribution in [-0.2, 0) is 6.42 Å².